The summed E-state index contributed by atoms with van der Waals surface area (Å²) in [4.78, 5) is 24.5. The van der Waals surface area contributed by atoms with E-state index < -0.39 is 27.5 Å². The third-order valence-corrected chi connectivity index (χ3v) is 6.10. The lowest BCUT2D eigenvalue weighted by Gasteiger charge is -2.22. The Kier molecular flexibility index (Phi) is 8.39. The molecule has 2 rings (SSSR count). The Labute approximate surface area is 181 Å². The second-order valence-electron chi connectivity index (χ2n) is 7.78. The Morgan fingerprint density at radius 1 is 1.17 bits per heavy atom. The molecule has 0 spiro atoms. The van der Waals surface area contributed by atoms with E-state index in [0.717, 1.165) is 0 Å². The topological polar surface area (TPSA) is 123 Å². The van der Waals surface area contributed by atoms with Gasteiger partial charge in [0.15, 0.2) is 11.5 Å². The predicted molar refractivity (Wildman–Crippen MR) is 115 cm³/mol. The van der Waals surface area contributed by atoms with Crippen LogP contribution >= 0.6 is 11.8 Å². The van der Waals surface area contributed by atoms with Crippen molar-refractivity contribution in [3.8, 4) is 11.5 Å². The highest BCUT2D eigenvalue weighted by atomic mass is 32.2. The van der Waals surface area contributed by atoms with E-state index in [9.17, 15) is 18.0 Å². The maximum absolute atomic E-state index is 12.8. The number of ether oxygens (including phenoxy) is 2. The summed E-state index contributed by atoms with van der Waals surface area (Å²) >= 11 is 1.49. The van der Waals surface area contributed by atoms with Crippen LogP contribution in [0.1, 0.15) is 27.2 Å². The fourth-order valence-electron chi connectivity index (χ4n) is 2.68. The van der Waals surface area contributed by atoms with E-state index in [4.69, 9.17) is 9.47 Å². The van der Waals surface area contributed by atoms with E-state index in [1.54, 1.807) is 0 Å². The fraction of sp³-hybridized carbons (Fsp3) is 0.579. The Morgan fingerprint density at radius 3 is 2.47 bits per heavy atom. The molecule has 1 aromatic rings. The molecule has 1 aliphatic heterocycles. The monoisotopic (exact) mass is 459 g/mol. The molecule has 0 aromatic heterocycles. The third kappa shape index (κ3) is 7.37. The van der Waals surface area contributed by atoms with Gasteiger partial charge in [0.25, 0.3) is 0 Å². The number of carbonyl (C=O) groups is 2. The second kappa shape index (κ2) is 10.4. The summed E-state index contributed by atoms with van der Waals surface area (Å²) < 4.78 is 39.0. The SMILES string of the molecule is CSCCC(NS(=O)(=O)c1ccc2c(c1)OCCO2)C(=O)NCC(=O)NC(C)(C)C. The van der Waals surface area contributed by atoms with Gasteiger partial charge in [-0.2, -0.15) is 16.5 Å². The number of thioether (sulfide) groups is 1. The summed E-state index contributed by atoms with van der Waals surface area (Å²) in [5.74, 6) is 0.467. The molecule has 1 atom stereocenters. The van der Waals surface area contributed by atoms with Crippen molar-refractivity contribution >= 4 is 33.6 Å². The molecular weight excluding hydrogens is 430 g/mol. The van der Waals surface area contributed by atoms with Crippen LogP contribution in [0.15, 0.2) is 23.1 Å². The van der Waals surface area contributed by atoms with Crippen LogP contribution in [-0.2, 0) is 19.6 Å². The standard InChI is InChI=1S/C19H29N3O6S2/c1-19(2,3)21-17(23)12-20-18(24)14(7-10-29-4)22-30(25,26)13-5-6-15-16(11-13)28-9-8-27-15/h5-6,11,14,22H,7-10,12H2,1-4H3,(H,20,24)(H,21,23). The van der Waals surface area contributed by atoms with Gasteiger partial charge in [-0.05, 0) is 51.3 Å². The average molecular weight is 460 g/mol. The van der Waals surface area contributed by atoms with E-state index in [1.807, 2.05) is 27.0 Å². The van der Waals surface area contributed by atoms with Gasteiger partial charge in [-0.1, -0.05) is 0 Å². The zero-order chi connectivity index (χ0) is 22.4. The molecule has 1 aromatic carbocycles. The van der Waals surface area contributed by atoms with Gasteiger partial charge in [-0.15, -0.1) is 0 Å². The smallest absolute Gasteiger partial charge is 0.241 e. The minimum atomic E-state index is -3.99. The van der Waals surface area contributed by atoms with Crippen molar-refractivity contribution in [3.63, 3.8) is 0 Å². The summed E-state index contributed by atoms with van der Waals surface area (Å²) in [5.41, 5.74) is -0.431. The van der Waals surface area contributed by atoms with E-state index in [0.29, 0.717) is 30.5 Å². The molecule has 1 unspecified atom stereocenters. The molecule has 0 fully saturated rings. The van der Waals surface area contributed by atoms with Crippen LogP contribution in [0.4, 0.5) is 0 Å². The average Bonchev–Trinajstić information content (AvgIpc) is 2.67. The molecule has 3 N–H and O–H groups in total. The summed E-state index contributed by atoms with van der Waals surface area (Å²) in [6.45, 7) is 5.98. The van der Waals surface area contributed by atoms with Crippen LogP contribution in [0, 0.1) is 0 Å². The molecule has 0 radical (unpaired) electrons. The zero-order valence-corrected chi connectivity index (χ0v) is 19.2. The van der Waals surface area contributed by atoms with Crippen molar-refractivity contribution in [2.75, 3.05) is 31.8 Å². The normalized spacial score (nSPS) is 14.7. The summed E-state index contributed by atoms with van der Waals surface area (Å²) in [7, 11) is -3.99. The predicted octanol–water partition coefficient (Wildman–Crippen LogP) is 0.889. The van der Waals surface area contributed by atoms with Gasteiger partial charge in [0.1, 0.15) is 19.3 Å². The van der Waals surface area contributed by atoms with Crippen molar-refractivity contribution in [2.45, 2.75) is 43.7 Å². The summed E-state index contributed by atoms with van der Waals surface area (Å²) in [6, 6.07) is 3.28. The Hall–Kier alpha value is -1.98. The molecule has 1 heterocycles. The molecular formula is C19H29N3O6S2. The van der Waals surface area contributed by atoms with Crippen LogP contribution in [0.3, 0.4) is 0 Å². The summed E-state index contributed by atoms with van der Waals surface area (Å²) in [6.07, 6.45) is 2.14. The van der Waals surface area contributed by atoms with Gasteiger partial charge >= 0.3 is 0 Å². The highest BCUT2D eigenvalue weighted by Crippen LogP contribution is 2.32. The van der Waals surface area contributed by atoms with E-state index in [-0.39, 0.29) is 23.8 Å². The van der Waals surface area contributed by atoms with Crippen molar-refractivity contribution in [2.24, 2.45) is 0 Å². The number of hydrogen-bond acceptors (Lipinski definition) is 7. The molecule has 1 aliphatic rings. The van der Waals surface area contributed by atoms with Gasteiger partial charge in [0.2, 0.25) is 21.8 Å². The molecule has 168 valence electrons. The fourth-order valence-corrected chi connectivity index (χ4v) is 4.39. The van der Waals surface area contributed by atoms with E-state index in [1.165, 1.54) is 30.0 Å². The van der Waals surface area contributed by atoms with Crippen molar-refractivity contribution in [3.05, 3.63) is 18.2 Å². The van der Waals surface area contributed by atoms with Gasteiger partial charge in [-0.3, -0.25) is 9.59 Å². The molecule has 2 amide bonds. The first kappa shape index (κ1) is 24.3. The second-order valence-corrected chi connectivity index (χ2v) is 10.5. The van der Waals surface area contributed by atoms with Crippen LogP contribution < -0.4 is 24.8 Å². The molecule has 0 saturated carbocycles. The van der Waals surface area contributed by atoms with Crippen LogP contribution in [-0.4, -0.2) is 63.6 Å². The Bertz CT molecular complexity index is 868. The minimum absolute atomic E-state index is 0.0285. The highest BCUT2D eigenvalue weighted by Gasteiger charge is 2.27. The van der Waals surface area contributed by atoms with Gasteiger partial charge in [-0.25, -0.2) is 8.42 Å². The summed E-state index contributed by atoms with van der Waals surface area (Å²) in [5, 5.41) is 5.24. The number of benzene rings is 1. The van der Waals surface area contributed by atoms with E-state index >= 15 is 0 Å². The third-order valence-electron chi connectivity index (χ3n) is 3.99. The maximum Gasteiger partial charge on any atom is 0.241 e. The quantitative estimate of drug-likeness (QED) is 0.501. The molecule has 9 nitrogen and oxygen atoms in total. The number of hydrogen-bond donors (Lipinski definition) is 3. The van der Waals surface area contributed by atoms with Crippen LogP contribution in [0.25, 0.3) is 0 Å². The number of sulfonamides is 1. The minimum Gasteiger partial charge on any atom is -0.486 e. The number of nitrogens with one attached hydrogen (secondary N) is 3. The first-order valence-corrected chi connectivity index (χ1v) is 12.4. The molecule has 0 bridgehead atoms. The number of amides is 2. The lowest BCUT2D eigenvalue weighted by molar-refractivity contribution is -0.127. The molecule has 0 saturated heterocycles. The first-order valence-electron chi connectivity index (χ1n) is 9.51. The van der Waals surface area contributed by atoms with Crippen molar-refractivity contribution < 1.29 is 27.5 Å². The molecule has 0 aliphatic carbocycles. The number of carbonyl (C=O) groups excluding carboxylic acids is 2. The van der Waals surface area contributed by atoms with Crippen molar-refractivity contribution in [1.29, 1.82) is 0 Å². The lowest BCUT2D eigenvalue weighted by Crippen LogP contribution is -2.51. The molecule has 11 heteroatoms. The van der Waals surface area contributed by atoms with Gasteiger partial charge in [0, 0.05) is 11.6 Å². The largest absolute Gasteiger partial charge is 0.486 e. The molecule has 30 heavy (non-hydrogen) atoms. The van der Waals surface area contributed by atoms with Gasteiger partial charge < -0.3 is 20.1 Å². The first-order chi connectivity index (χ1) is 14.0. The highest BCUT2D eigenvalue weighted by molar-refractivity contribution is 7.98. The van der Waals surface area contributed by atoms with Crippen molar-refractivity contribution in [1.82, 2.24) is 15.4 Å². The zero-order valence-electron chi connectivity index (χ0n) is 17.6. The Morgan fingerprint density at radius 2 is 1.83 bits per heavy atom. The maximum atomic E-state index is 12.8. The van der Waals surface area contributed by atoms with Crippen LogP contribution in [0.2, 0.25) is 0 Å². The lowest BCUT2D eigenvalue weighted by atomic mass is 10.1. The van der Waals surface area contributed by atoms with E-state index in [2.05, 4.69) is 15.4 Å². The van der Waals surface area contributed by atoms with Crippen LogP contribution in [0.5, 0.6) is 11.5 Å². The Balaban J connectivity index is 2.08. The number of rotatable bonds is 9. The number of fused-ring (bicyclic) bond motifs is 1. The van der Waals surface area contributed by atoms with Gasteiger partial charge in [0.05, 0.1) is 11.4 Å².